The van der Waals surface area contributed by atoms with E-state index in [9.17, 15) is 9.59 Å². The van der Waals surface area contributed by atoms with Crippen LogP contribution in [0.25, 0.3) is 10.2 Å². The molecule has 0 unspecified atom stereocenters. The molecule has 3 aromatic rings. The topological polar surface area (TPSA) is 58.4 Å². The van der Waals surface area contributed by atoms with Gasteiger partial charge >= 0.3 is 0 Å². The summed E-state index contributed by atoms with van der Waals surface area (Å²) in [4.78, 5) is 36.2. The highest BCUT2D eigenvalue weighted by atomic mass is 32.1. The number of nitrogens with zero attached hydrogens (tertiary/aromatic N) is 4. The van der Waals surface area contributed by atoms with E-state index in [2.05, 4.69) is 11.9 Å². The Bertz CT molecular complexity index is 1130. The number of aryl methyl sites for hydroxylation is 1. The number of likely N-dealkylation sites (N-methyl/N-ethyl adjacent to an activating group) is 1. The fourth-order valence-electron chi connectivity index (χ4n) is 4.01. The molecule has 0 aliphatic heterocycles. The first kappa shape index (κ1) is 20.6. The first-order valence-corrected chi connectivity index (χ1v) is 11.1. The normalized spacial score (nSPS) is 15.8. The summed E-state index contributed by atoms with van der Waals surface area (Å²) in [5, 5.41) is 0.721. The van der Waals surface area contributed by atoms with Gasteiger partial charge in [-0.05, 0) is 48.4 Å². The van der Waals surface area contributed by atoms with Gasteiger partial charge in [0.1, 0.15) is 11.4 Å². The molecule has 1 aliphatic rings. The van der Waals surface area contributed by atoms with Gasteiger partial charge in [-0.2, -0.15) is 0 Å². The summed E-state index contributed by atoms with van der Waals surface area (Å²) in [5.41, 5.74) is 3.23. The Kier molecular flexibility index (Phi) is 5.64. The summed E-state index contributed by atoms with van der Waals surface area (Å²) in [5.74, 6) is 0.544. The van der Waals surface area contributed by atoms with E-state index in [4.69, 9.17) is 0 Å². The summed E-state index contributed by atoms with van der Waals surface area (Å²) in [6, 6.07) is 8.13. The summed E-state index contributed by atoms with van der Waals surface area (Å²) >= 11 is 1.63. The largest absolute Gasteiger partial charge is 0.378 e. The lowest BCUT2D eigenvalue weighted by atomic mass is 9.89. The molecule has 1 atom stereocenters. The molecule has 1 aromatic carbocycles. The van der Waals surface area contributed by atoms with Gasteiger partial charge in [-0.25, -0.2) is 4.98 Å². The number of fused-ring (bicyclic) bond motifs is 3. The maximum Gasteiger partial charge on any atom is 0.262 e. The number of hydrogen-bond acceptors (Lipinski definition) is 5. The molecule has 1 amide bonds. The molecule has 2 heterocycles. The second-order valence-corrected chi connectivity index (χ2v) is 9.60. The summed E-state index contributed by atoms with van der Waals surface area (Å²) in [7, 11) is 5.77. The smallest absolute Gasteiger partial charge is 0.262 e. The van der Waals surface area contributed by atoms with Gasteiger partial charge in [0.25, 0.3) is 5.56 Å². The van der Waals surface area contributed by atoms with E-state index in [1.807, 2.05) is 43.3 Å². The standard InChI is InChI=1S/C23H28N4O2S/c1-15-5-10-18-19(11-15)30-22-21(18)23(29)27(14-24-22)13-20(28)26(4)12-16-6-8-17(9-7-16)25(2)3/h6-9,14-15H,5,10-13H2,1-4H3/t15-/m0/s1. The molecule has 6 nitrogen and oxygen atoms in total. The zero-order valence-corrected chi connectivity index (χ0v) is 18.8. The highest BCUT2D eigenvalue weighted by Crippen LogP contribution is 2.35. The van der Waals surface area contributed by atoms with E-state index in [0.717, 1.165) is 46.3 Å². The van der Waals surface area contributed by atoms with Crippen LogP contribution in [0.15, 0.2) is 35.4 Å². The van der Waals surface area contributed by atoms with Crippen molar-refractivity contribution in [3.8, 4) is 0 Å². The van der Waals surface area contributed by atoms with Crippen LogP contribution in [0.2, 0.25) is 0 Å². The predicted octanol–water partition coefficient (Wildman–Crippen LogP) is 3.31. The molecular formula is C23H28N4O2S. The number of anilines is 1. The van der Waals surface area contributed by atoms with Gasteiger partial charge in [-0.15, -0.1) is 11.3 Å². The van der Waals surface area contributed by atoms with E-state index in [1.165, 1.54) is 15.8 Å². The molecule has 1 aliphatic carbocycles. The maximum absolute atomic E-state index is 13.1. The Morgan fingerprint density at radius 3 is 2.67 bits per heavy atom. The lowest BCUT2D eigenvalue weighted by Gasteiger charge is -2.19. The van der Waals surface area contributed by atoms with Crippen LogP contribution in [0.3, 0.4) is 0 Å². The molecule has 0 saturated heterocycles. The number of aromatic nitrogens is 2. The van der Waals surface area contributed by atoms with Crippen LogP contribution in [-0.2, 0) is 30.7 Å². The average Bonchev–Trinajstić information content (AvgIpc) is 3.08. The molecule has 0 fully saturated rings. The van der Waals surface area contributed by atoms with Crippen LogP contribution in [0.4, 0.5) is 5.69 Å². The van der Waals surface area contributed by atoms with Crippen LogP contribution in [0.1, 0.15) is 29.3 Å². The third-order valence-electron chi connectivity index (χ3n) is 5.89. The molecule has 0 saturated carbocycles. The number of amides is 1. The van der Waals surface area contributed by atoms with Crippen LogP contribution in [-0.4, -0.2) is 41.5 Å². The number of benzene rings is 1. The van der Waals surface area contributed by atoms with Crippen LogP contribution in [0.5, 0.6) is 0 Å². The van der Waals surface area contributed by atoms with E-state index < -0.39 is 0 Å². The molecule has 0 radical (unpaired) electrons. The summed E-state index contributed by atoms with van der Waals surface area (Å²) < 4.78 is 1.46. The van der Waals surface area contributed by atoms with Crippen molar-refractivity contribution in [2.24, 2.45) is 5.92 Å². The van der Waals surface area contributed by atoms with Gasteiger partial charge in [0.15, 0.2) is 0 Å². The van der Waals surface area contributed by atoms with Crippen molar-refractivity contribution in [1.82, 2.24) is 14.5 Å². The van der Waals surface area contributed by atoms with Gasteiger partial charge < -0.3 is 9.80 Å². The highest BCUT2D eigenvalue weighted by Gasteiger charge is 2.23. The minimum Gasteiger partial charge on any atom is -0.378 e. The van der Waals surface area contributed by atoms with E-state index in [0.29, 0.717) is 12.5 Å². The highest BCUT2D eigenvalue weighted by molar-refractivity contribution is 7.18. The quantitative estimate of drug-likeness (QED) is 0.631. The van der Waals surface area contributed by atoms with Crippen molar-refractivity contribution < 1.29 is 4.79 Å². The van der Waals surface area contributed by atoms with E-state index in [1.54, 1.807) is 23.3 Å². The second-order valence-electron chi connectivity index (χ2n) is 8.52. The van der Waals surface area contributed by atoms with Crippen LogP contribution >= 0.6 is 11.3 Å². The first-order chi connectivity index (χ1) is 14.3. The molecule has 4 rings (SSSR count). The minimum atomic E-state index is -0.104. The number of carbonyl (C=O) groups is 1. The molecule has 30 heavy (non-hydrogen) atoms. The third-order valence-corrected chi connectivity index (χ3v) is 7.05. The number of rotatable bonds is 5. The molecule has 0 N–H and O–H groups in total. The fraction of sp³-hybridized carbons (Fsp3) is 0.435. The van der Waals surface area contributed by atoms with Gasteiger partial charge in [0, 0.05) is 38.3 Å². The summed E-state index contributed by atoms with van der Waals surface area (Å²) in [6.45, 7) is 2.76. The van der Waals surface area contributed by atoms with Crippen molar-refractivity contribution in [2.45, 2.75) is 39.3 Å². The fourth-order valence-corrected chi connectivity index (χ4v) is 5.35. The molecule has 0 bridgehead atoms. The zero-order valence-electron chi connectivity index (χ0n) is 18.0. The van der Waals surface area contributed by atoms with E-state index in [-0.39, 0.29) is 18.0 Å². The van der Waals surface area contributed by atoms with Crippen LogP contribution in [0, 0.1) is 5.92 Å². The van der Waals surface area contributed by atoms with Gasteiger partial charge in [0.2, 0.25) is 5.91 Å². The Hall–Kier alpha value is -2.67. The predicted molar refractivity (Wildman–Crippen MR) is 122 cm³/mol. The van der Waals surface area contributed by atoms with Crippen molar-refractivity contribution in [3.63, 3.8) is 0 Å². The maximum atomic E-state index is 13.1. The summed E-state index contributed by atoms with van der Waals surface area (Å²) in [6.07, 6.45) is 4.56. The van der Waals surface area contributed by atoms with Crippen molar-refractivity contribution in [1.29, 1.82) is 0 Å². The lowest BCUT2D eigenvalue weighted by molar-refractivity contribution is -0.131. The van der Waals surface area contributed by atoms with Crippen molar-refractivity contribution in [2.75, 3.05) is 26.0 Å². The van der Waals surface area contributed by atoms with Crippen LogP contribution < -0.4 is 10.5 Å². The second kappa shape index (κ2) is 8.22. The van der Waals surface area contributed by atoms with Gasteiger partial charge in [-0.3, -0.25) is 14.2 Å². The molecular weight excluding hydrogens is 396 g/mol. The Balaban J connectivity index is 1.51. The SMILES string of the molecule is C[C@H]1CCc2c(sc3ncn(CC(=O)N(C)Cc4ccc(N(C)C)cc4)c(=O)c23)C1. The lowest BCUT2D eigenvalue weighted by Crippen LogP contribution is -2.33. The average molecular weight is 425 g/mol. The minimum absolute atomic E-state index is 0.00901. The van der Waals surface area contributed by atoms with Gasteiger partial charge in [-0.1, -0.05) is 19.1 Å². The monoisotopic (exact) mass is 424 g/mol. The van der Waals surface area contributed by atoms with E-state index >= 15 is 0 Å². The Labute approximate surface area is 180 Å². The van der Waals surface area contributed by atoms with Crippen molar-refractivity contribution in [3.05, 3.63) is 57.0 Å². The Morgan fingerprint density at radius 2 is 1.97 bits per heavy atom. The number of hydrogen-bond donors (Lipinski definition) is 0. The molecule has 2 aromatic heterocycles. The zero-order chi connectivity index (χ0) is 21.4. The van der Waals surface area contributed by atoms with Crippen molar-refractivity contribution >= 4 is 33.1 Å². The molecule has 7 heteroatoms. The van der Waals surface area contributed by atoms with Gasteiger partial charge in [0.05, 0.1) is 11.7 Å². The first-order valence-electron chi connectivity index (χ1n) is 10.3. The number of thiophene rings is 1. The Morgan fingerprint density at radius 1 is 1.23 bits per heavy atom. The number of carbonyl (C=O) groups excluding carboxylic acids is 1. The third kappa shape index (κ3) is 3.99. The molecule has 158 valence electrons. The molecule has 0 spiro atoms.